The zero-order valence-corrected chi connectivity index (χ0v) is 14.1. The summed E-state index contributed by atoms with van der Waals surface area (Å²) in [5, 5.41) is 3.64. The third-order valence-corrected chi connectivity index (χ3v) is 3.66. The Morgan fingerprint density at radius 3 is 2.20 bits per heavy atom. The van der Waals surface area contributed by atoms with Gasteiger partial charge in [-0.2, -0.15) is 0 Å². The summed E-state index contributed by atoms with van der Waals surface area (Å²) in [6.45, 7) is 13.8. The molecule has 0 aliphatic rings. The van der Waals surface area contributed by atoms with Gasteiger partial charge >= 0.3 is 0 Å². The molecular weight excluding hydrogens is 242 g/mol. The molecule has 1 rings (SSSR count). The van der Waals surface area contributed by atoms with Crippen molar-refractivity contribution in [2.75, 3.05) is 13.1 Å². The maximum atomic E-state index is 3.64. The summed E-state index contributed by atoms with van der Waals surface area (Å²) in [5.41, 5.74) is 1.91. The Hall–Kier alpha value is -0.820. The first kappa shape index (κ1) is 17.2. The zero-order chi connectivity index (χ0) is 15.0. The van der Waals surface area contributed by atoms with Gasteiger partial charge in [-0.1, -0.05) is 65.0 Å². The molecule has 0 aliphatic carbocycles. The molecule has 114 valence electrons. The predicted molar refractivity (Wildman–Crippen MR) is 90.0 cm³/mol. The van der Waals surface area contributed by atoms with Gasteiger partial charge in [0.25, 0.3) is 0 Å². The van der Waals surface area contributed by atoms with Crippen molar-refractivity contribution in [1.29, 1.82) is 0 Å². The van der Waals surface area contributed by atoms with Crippen LogP contribution in [0.1, 0.15) is 53.0 Å². The van der Waals surface area contributed by atoms with Crippen molar-refractivity contribution < 1.29 is 0 Å². The Kier molecular flexibility index (Phi) is 7.29. The third kappa shape index (κ3) is 8.37. The molecule has 0 fully saturated rings. The van der Waals surface area contributed by atoms with Gasteiger partial charge in [-0.05, 0) is 55.2 Å². The lowest BCUT2D eigenvalue weighted by atomic mass is 9.84. The van der Waals surface area contributed by atoms with E-state index in [4.69, 9.17) is 0 Å². The molecule has 1 unspecified atom stereocenters. The minimum absolute atomic E-state index is 0.437. The van der Waals surface area contributed by atoms with E-state index in [9.17, 15) is 0 Å². The second-order valence-corrected chi connectivity index (χ2v) is 7.71. The van der Waals surface area contributed by atoms with Crippen molar-refractivity contribution in [3.8, 4) is 0 Å². The third-order valence-electron chi connectivity index (χ3n) is 3.66. The van der Waals surface area contributed by atoms with Gasteiger partial charge in [-0.25, -0.2) is 0 Å². The van der Waals surface area contributed by atoms with Crippen LogP contribution in [0, 0.1) is 17.3 Å². The molecule has 1 atom stereocenters. The summed E-state index contributed by atoms with van der Waals surface area (Å²) in [7, 11) is 0. The van der Waals surface area contributed by atoms with Crippen LogP contribution in [0.15, 0.2) is 30.3 Å². The van der Waals surface area contributed by atoms with Crippen LogP contribution in [0.25, 0.3) is 0 Å². The molecule has 0 aromatic heterocycles. The fourth-order valence-corrected chi connectivity index (χ4v) is 2.44. The monoisotopic (exact) mass is 275 g/mol. The number of hydrogen-bond donors (Lipinski definition) is 1. The average Bonchev–Trinajstić information content (AvgIpc) is 2.35. The Bertz CT molecular complexity index is 348. The molecule has 0 aliphatic heterocycles. The van der Waals surface area contributed by atoms with Crippen LogP contribution >= 0.6 is 0 Å². The van der Waals surface area contributed by atoms with E-state index < -0.39 is 0 Å². The fraction of sp³-hybridized carbons (Fsp3) is 0.684. The normalized spacial score (nSPS) is 13.7. The Labute approximate surface area is 126 Å². The van der Waals surface area contributed by atoms with Gasteiger partial charge in [0.05, 0.1) is 0 Å². The van der Waals surface area contributed by atoms with Crippen molar-refractivity contribution >= 4 is 0 Å². The van der Waals surface area contributed by atoms with Crippen molar-refractivity contribution in [3.05, 3.63) is 35.9 Å². The van der Waals surface area contributed by atoms with E-state index >= 15 is 0 Å². The molecule has 0 saturated carbocycles. The highest BCUT2D eigenvalue weighted by Crippen LogP contribution is 2.25. The summed E-state index contributed by atoms with van der Waals surface area (Å²) < 4.78 is 0. The highest BCUT2D eigenvalue weighted by atomic mass is 14.9. The first-order valence-electron chi connectivity index (χ1n) is 8.11. The quantitative estimate of drug-likeness (QED) is 0.710. The highest BCUT2D eigenvalue weighted by molar-refractivity contribution is 5.15. The van der Waals surface area contributed by atoms with Gasteiger partial charge in [-0.15, -0.1) is 0 Å². The molecule has 1 aromatic rings. The van der Waals surface area contributed by atoms with Crippen molar-refractivity contribution in [3.63, 3.8) is 0 Å². The van der Waals surface area contributed by atoms with Crippen molar-refractivity contribution in [2.24, 2.45) is 17.3 Å². The average molecular weight is 275 g/mol. The largest absolute Gasteiger partial charge is 0.316 e. The lowest BCUT2D eigenvalue weighted by Crippen LogP contribution is -2.28. The fourth-order valence-electron chi connectivity index (χ4n) is 2.44. The van der Waals surface area contributed by atoms with Crippen LogP contribution < -0.4 is 5.32 Å². The van der Waals surface area contributed by atoms with Gasteiger partial charge < -0.3 is 5.32 Å². The molecule has 0 amide bonds. The van der Waals surface area contributed by atoms with E-state index in [-0.39, 0.29) is 0 Å². The van der Waals surface area contributed by atoms with Crippen LogP contribution in [-0.4, -0.2) is 13.1 Å². The van der Waals surface area contributed by atoms with Crippen LogP contribution in [-0.2, 0) is 6.42 Å². The standard InChI is InChI=1S/C19H33N/c1-16(2)14-20-15-18(11-12-19(3,4)5)13-17-9-7-6-8-10-17/h6-10,16,18,20H,11-15H2,1-5H3. The summed E-state index contributed by atoms with van der Waals surface area (Å²) in [6.07, 6.45) is 3.80. The molecule has 0 heterocycles. The van der Waals surface area contributed by atoms with E-state index in [1.165, 1.54) is 24.8 Å². The minimum atomic E-state index is 0.437. The Morgan fingerprint density at radius 2 is 1.65 bits per heavy atom. The summed E-state index contributed by atoms with van der Waals surface area (Å²) in [4.78, 5) is 0. The van der Waals surface area contributed by atoms with E-state index in [2.05, 4.69) is 70.3 Å². The van der Waals surface area contributed by atoms with Crippen molar-refractivity contribution in [1.82, 2.24) is 5.32 Å². The number of rotatable bonds is 8. The topological polar surface area (TPSA) is 12.0 Å². The lowest BCUT2D eigenvalue weighted by Gasteiger charge is -2.24. The van der Waals surface area contributed by atoms with E-state index in [0.717, 1.165) is 24.9 Å². The minimum Gasteiger partial charge on any atom is -0.316 e. The maximum absolute atomic E-state index is 3.64. The Balaban J connectivity index is 2.49. The summed E-state index contributed by atoms with van der Waals surface area (Å²) in [6, 6.07) is 10.9. The van der Waals surface area contributed by atoms with Gasteiger partial charge in [0.2, 0.25) is 0 Å². The number of benzene rings is 1. The van der Waals surface area contributed by atoms with Crippen LogP contribution in [0.4, 0.5) is 0 Å². The molecule has 1 aromatic carbocycles. The zero-order valence-electron chi connectivity index (χ0n) is 14.1. The highest BCUT2D eigenvalue weighted by Gasteiger charge is 2.16. The first-order chi connectivity index (χ1) is 9.37. The van der Waals surface area contributed by atoms with Crippen LogP contribution in [0.3, 0.4) is 0 Å². The molecule has 0 radical (unpaired) electrons. The lowest BCUT2D eigenvalue weighted by molar-refractivity contribution is 0.311. The molecule has 20 heavy (non-hydrogen) atoms. The van der Waals surface area contributed by atoms with E-state index in [1.807, 2.05) is 0 Å². The SMILES string of the molecule is CC(C)CNCC(CCC(C)(C)C)Cc1ccccc1. The van der Waals surface area contributed by atoms with E-state index in [0.29, 0.717) is 5.41 Å². The summed E-state index contributed by atoms with van der Waals surface area (Å²) >= 11 is 0. The predicted octanol–water partition coefficient (Wildman–Crippen LogP) is 4.92. The van der Waals surface area contributed by atoms with Gasteiger partial charge in [0, 0.05) is 0 Å². The molecule has 0 saturated heterocycles. The summed E-state index contributed by atoms with van der Waals surface area (Å²) in [5.74, 6) is 1.48. The van der Waals surface area contributed by atoms with Crippen LogP contribution in [0.5, 0.6) is 0 Å². The van der Waals surface area contributed by atoms with E-state index in [1.54, 1.807) is 0 Å². The molecule has 0 bridgehead atoms. The second kappa shape index (κ2) is 8.46. The molecule has 1 heteroatoms. The first-order valence-corrected chi connectivity index (χ1v) is 8.11. The van der Waals surface area contributed by atoms with Gasteiger partial charge in [0.1, 0.15) is 0 Å². The van der Waals surface area contributed by atoms with Crippen LogP contribution in [0.2, 0.25) is 0 Å². The number of nitrogens with one attached hydrogen (secondary N) is 1. The molecule has 0 spiro atoms. The van der Waals surface area contributed by atoms with Gasteiger partial charge in [-0.3, -0.25) is 0 Å². The molecule has 1 N–H and O–H groups in total. The molecular formula is C19H33N. The van der Waals surface area contributed by atoms with Gasteiger partial charge in [0.15, 0.2) is 0 Å². The number of hydrogen-bond acceptors (Lipinski definition) is 1. The van der Waals surface area contributed by atoms with Crippen molar-refractivity contribution in [2.45, 2.75) is 53.9 Å². The Morgan fingerprint density at radius 1 is 1.00 bits per heavy atom. The molecule has 1 nitrogen and oxygen atoms in total. The maximum Gasteiger partial charge on any atom is -0.00172 e. The second-order valence-electron chi connectivity index (χ2n) is 7.71. The smallest absolute Gasteiger partial charge is 0.00172 e.